The van der Waals surface area contributed by atoms with Gasteiger partial charge in [-0.05, 0) is 67.8 Å². The lowest BCUT2D eigenvalue weighted by Gasteiger charge is -2.10. The minimum atomic E-state index is -0.0638. The van der Waals surface area contributed by atoms with Crippen molar-refractivity contribution in [2.45, 2.75) is 43.8 Å². The molecule has 0 bridgehead atoms. The molecule has 0 aliphatic carbocycles. The normalized spacial score (nSPS) is 11.2. The fourth-order valence-electron chi connectivity index (χ4n) is 3.70. The van der Waals surface area contributed by atoms with E-state index in [1.807, 2.05) is 62.4 Å². The Morgan fingerprint density at radius 3 is 2.53 bits per heavy atom. The van der Waals surface area contributed by atoms with Crippen LogP contribution in [0.4, 0.5) is 0 Å². The highest BCUT2D eigenvalue weighted by Gasteiger charge is 2.13. The van der Waals surface area contributed by atoms with E-state index >= 15 is 0 Å². The van der Waals surface area contributed by atoms with Gasteiger partial charge in [0, 0.05) is 30.7 Å². The van der Waals surface area contributed by atoms with Crippen LogP contribution in [0.2, 0.25) is 0 Å². The van der Waals surface area contributed by atoms with Crippen molar-refractivity contribution in [1.29, 1.82) is 0 Å². The number of amides is 1. The van der Waals surface area contributed by atoms with Gasteiger partial charge in [-0.2, -0.15) is 0 Å². The lowest BCUT2D eigenvalue weighted by Crippen LogP contribution is -2.25. The quantitative estimate of drug-likeness (QED) is 0.208. The average Bonchev–Trinajstić information content (AvgIpc) is 3.25. The number of thioether (sulfide) groups is 1. The van der Waals surface area contributed by atoms with Gasteiger partial charge in [0.2, 0.25) is 0 Å². The minimum Gasteiger partial charge on any atom is -0.497 e. The van der Waals surface area contributed by atoms with Gasteiger partial charge in [-0.1, -0.05) is 36.0 Å². The number of ether oxygens (including phenoxy) is 2. The summed E-state index contributed by atoms with van der Waals surface area (Å²) in [4.78, 5) is 21.8. The van der Waals surface area contributed by atoms with E-state index in [4.69, 9.17) is 14.5 Å². The van der Waals surface area contributed by atoms with Crippen LogP contribution in [-0.2, 0) is 17.0 Å². The molecule has 0 atom stereocenters. The Morgan fingerprint density at radius 2 is 1.81 bits per heavy atom. The van der Waals surface area contributed by atoms with Crippen molar-refractivity contribution in [3.05, 3.63) is 83.6 Å². The summed E-state index contributed by atoms with van der Waals surface area (Å²) < 4.78 is 12.9. The van der Waals surface area contributed by atoms with E-state index < -0.39 is 0 Å². The monoisotopic (exact) mass is 504 g/mol. The van der Waals surface area contributed by atoms with Crippen LogP contribution in [0.15, 0.2) is 72.0 Å². The van der Waals surface area contributed by atoms with E-state index in [-0.39, 0.29) is 12.0 Å². The Labute approximate surface area is 216 Å². The predicted octanol–water partition coefficient (Wildman–Crippen LogP) is 5.33. The number of carbonyl (C=O) groups excluding carboxylic acids is 1. The highest BCUT2D eigenvalue weighted by Crippen LogP contribution is 2.27. The number of pyridine rings is 1. The van der Waals surface area contributed by atoms with Crippen molar-refractivity contribution in [2.75, 3.05) is 20.3 Å². The van der Waals surface area contributed by atoms with Crippen molar-refractivity contribution in [1.82, 2.24) is 19.9 Å². The molecule has 7 nitrogen and oxygen atoms in total. The molecule has 0 aliphatic rings. The van der Waals surface area contributed by atoms with E-state index in [0.717, 1.165) is 45.4 Å². The van der Waals surface area contributed by atoms with Crippen molar-refractivity contribution in [3.8, 4) is 5.75 Å². The second-order valence-electron chi connectivity index (χ2n) is 8.69. The number of aromatic nitrogens is 3. The van der Waals surface area contributed by atoms with Gasteiger partial charge in [0.1, 0.15) is 11.3 Å². The largest absolute Gasteiger partial charge is 0.497 e. The van der Waals surface area contributed by atoms with Crippen LogP contribution in [0.5, 0.6) is 5.75 Å². The number of fused-ring (bicyclic) bond motifs is 1. The molecule has 1 amide bonds. The van der Waals surface area contributed by atoms with E-state index in [1.54, 1.807) is 25.1 Å². The van der Waals surface area contributed by atoms with Crippen LogP contribution >= 0.6 is 11.8 Å². The van der Waals surface area contributed by atoms with Crippen LogP contribution in [0.25, 0.3) is 11.2 Å². The Hall–Kier alpha value is -3.36. The van der Waals surface area contributed by atoms with Gasteiger partial charge in [0.15, 0.2) is 10.8 Å². The zero-order valence-corrected chi connectivity index (χ0v) is 21.8. The average molecular weight is 505 g/mol. The smallest absolute Gasteiger partial charge is 0.251 e. The van der Waals surface area contributed by atoms with Gasteiger partial charge in [-0.3, -0.25) is 9.36 Å². The molecule has 0 spiro atoms. The highest BCUT2D eigenvalue weighted by molar-refractivity contribution is 7.98. The maximum Gasteiger partial charge on any atom is 0.251 e. The van der Waals surface area contributed by atoms with Crippen LogP contribution in [-0.4, -0.2) is 46.8 Å². The molecule has 2 aromatic carbocycles. The zero-order chi connectivity index (χ0) is 25.3. The topological polar surface area (TPSA) is 78.3 Å². The third-order valence-corrected chi connectivity index (χ3v) is 6.66. The summed E-state index contributed by atoms with van der Waals surface area (Å²) in [6.45, 7) is 5.92. The van der Waals surface area contributed by atoms with Crippen molar-refractivity contribution in [3.63, 3.8) is 0 Å². The van der Waals surface area contributed by atoms with Gasteiger partial charge in [0.25, 0.3) is 5.91 Å². The first-order chi connectivity index (χ1) is 17.5. The maximum atomic E-state index is 12.4. The van der Waals surface area contributed by atoms with Crippen molar-refractivity contribution >= 4 is 28.8 Å². The molecule has 2 aromatic heterocycles. The Morgan fingerprint density at radius 1 is 1.06 bits per heavy atom. The molecule has 0 saturated carbocycles. The van der Waals surface area contributed by atoms with Gasteiger partial charge in [-0.25, -0.2) is 9.97 Å². The first-order valence-electron chi connectivity index (χ1n) is 12.1. The van der Waals surface area contributed by atoms with E-state index in [9.17, 15) is 4.79 Å². The fraction of sp³-hybridized carbons (Fsp3) is 0.321. The Bertz CT molecular complexity index is 1270. The number of nitrogens with zero attached hydrogens (tertiary/aromatic N) is 3. The molecule has 4 aromatic rings. The molecule has 0 aliphatic heterocycles. The standard InChI is InChI=1S/C28H32N4O3S/c1-20(2)35-17-5-16-30-27(33)23-11-7-22(8-12-23)19-36-28-31-25-6-4-15-29-26(25)32(28)18-21-9-13-24(34-3)14-10-21/h4,6-15,20H,5,16-19H2,1-3H3,(H,30,33). The van der Waals surface area contributed by atoms with Gasteiger partial charge in [0.05, 0.1) is 19.8 Å². The van der Waals surface area contributed by atoms with Crippen molar-refractivity contribution in [2.24, 2.45) is 0 Å². The predicted molar refractivity (Wildman–Crippen MR) is 144 cm³/mol. The first kappa shape index (κ1) is 25.7. The molecule has 0 radical (unpaired) electrons. The summed E-state index contributed by atoms with van der Waals surface area (Å²) in [7, 11) is 1.67. The van der Waals surface area contributed by atoms with Crippen LogP contribution in [0, 0.1) is 0 Å². The SMILES string of the molecule is COc1ccc(Cn2c(SCc3ccc(C(=O)NCCCOC(C)C)cc3)nc3cccnc32)cc1. The Balaban J connectivity index is 1.39. The van der Waals surface area contributed by atoms with Crippen LogP contribution < -0.4 is 10.1 Å². The van der Waals surface area contributed by atoms with Gasteiger partial charge < -0.3 is 14.8 Å². The van der Waals surface area contributed by atoms with Gasteiger partial charge in [-0.15, -0.1) is 0 Å². The molecule has 8 heteroatoms. The molecular formula is C28H32N4O3S. The number of rotatable bonds is 12. The molecule has 1 N–H and O–H groups in total. The number of hydrogen-bond acceptors (Lipinski definition) is 6. The zero-order valence-electron chi connectivity index (χ0n) is 20.9. The van der Waals surface area contributed by atoms with Crippen LogP contribution in [0.1, 0.15) is 41.8 Å². The second kappa shape index (κ2) is 12.6. The lowest BCUT2D eigenvalue weighted by molar-refractivity contribution is 0.0757. The fourth-order valence-corrected chi connectivity index (χ4v) is 4.66. The molecule has 36 heavy (non-hydrogen) atoms. The van der Waals surface area contributed by atoms with Crippen LogP contribution in [0.3, 0.4) is 0 Å². The number of nitrogens with one attached hydrogen (secondary N) is 1. The molecular weight excluding hydrogens is 472 g/mol. The molecule has 2 heterocycles. The van der Waals surface area contributed by atoms with E-state index in [2.05, 4.69) is 27.0 Å². The lowest BCUT2D eigenvalue weighted by atomic mass is 10.1. The summed E-state index contributed by atoms with van der Waals surface area (Å²) in [5, 5.41) is 3.86. The summed E-state index contributed by atoms with van der Waals surface area (Å²) in [6, 6.07) is 19.7. The number of benzene rings is 2. The summed E-state index contributed by atoms with van der Waals surface area (Å²) in [6.07, 6.45) is 2.80. The molecule has 0 unspecified atom stereocenters. The number of imidazole rings is 1. The van der Waals surface area contributed by atoms with E-state index in [0.29, 0.717) is 25.3 Å². The molecule has 188 valence electrons. The maximum absolute atomic E-state index is 12.4. The first-order valence-corrected chi connectivity index (χ1v) is 13.1. The Kier molecular flexibility index (Phi) is 8.97. The summed E-state index contributed by atoms with van der Waals surface area (Å²) in [5.41, 5.74) is 4.66. The number of hydrogen-bond donors (Lipinski definition) is 1. The molecule has 4 rings (SSSR count). The van der Waals surface area contributed by atoms with Gasteiger partial charge >= 0.3 is 0 Å². The number of methoxy groups -OCH3 is 1. The highest BCUT2D eigenvalue weighted by atomic mass is 32.2. The van der Waals surface area contributed by atoms with E-state index in [1.165, 1.54) is 0 Å². The summed E-state index contributed by atoms with van der Waals surface area (Å²) in [5.74, 6) is 1.51. The molecule has 0 saturated heterocycles. The summed E-state index contributed by atoms with van der Waals surface area (Å²) >= 11 is 1.66. The second-order valence-corrected chi connectivity index (χ2v) is 9.63. The molecule has 0 fully saturated rings. The van der Waals surface area contributed by atoms with Crippen molar-refractivity contribution < 1.29 is 14.3 Å². The number of carbonyl (C=O) groups is 1. The third-order valence-electron chi connectivity index (χ3n) is 5.61. The third kappa shape index (κ3) is 6.86. The minimum absolute atomic E-state index is 0.0638.